The molecule has 1 aliphatic heterocycles. The van der Waals surface area contributed by atoms with Gasteiger partial charge in [-0.25, -0.2) is 9.98 Å². The van der Waals surface area contributed by atoms with Gasteiger partial charge in [-0.15, -0.1) is 11.8 Å². The van der Waals surface area contributed by atoms with Gasteiger partial charge in [0, 0.05) is 60.7 Å². The highest BCUT2D eigenvalue weighted by atomic mass is 32.2. The van der Waals surface area contributed by atoms with Crippen LogP contribution in [0.5, 0.6) is 0 Å². The van der Waals surface area contributed by atoms with Gasteiger partial charge in [-0.3, -0.25) is 0 Å². The molecule has 1 aliphatic carbocycles. The monoisotopic (exact) mass is 438 g/mol. The Kier molecular flexibility index (Phi) is 7.35. The molecule has 0 spiro atoms. The fourth-order valence-electron chi connectivity index (χ4n) is 3.80. The van der Waals surface area contributed by atoms with Gasteiger partial charge >= 0.3 is 0 Å². The first-order valence-corrected chi connectivity index (χ1v) is 12.1. The number of hydrogen-bond donors (Lipinski definition) is 2. The second-order valence-electron chi connectivity index (χ2n) is 8.42. The lowest BCUT2D eigenvalue weighted by atomic mass is 10.2. The summed E-state index contributed by atoms with van der Waals surface area (Å²) in [5.41, 5.74) is 1.18. The number of piperazine rings is 1. The average molecular weight is 439 g/mol. The highest BCUT2D eigenvalue weighted by Gasteiger charge is 2.43. The Hall–Kier alpha value is -2.25. The number of rotatable bonds is 8. The van der Waals surface area contributed by atoms with Crippen LogP contribution >= 0.6 is 11.8 Å². The Balaban J connectivity index is 1.38. The second kappa shape index (κ2) is 10.4. The number of nitrogens with zero attached hydrogens (tertiary/aromatic N) is 4. The number of nitrogens with one attached hydrogen (secondary N) is 2. The number of aliphatic imine (C=N–C) groups is 1. The van der Waals surface area contributed by atoms with Crippen LogP contribution in [0.15, 0.2) is 58.5 Å². The fraction of sp³-hybridized carbons (Fsp3) is 0.500. The molecule has 0 bridgehead atoms. The Morgan fingerprint density at radius 3 is 2.55 bits per heavy atom. The summed E-state index contributed by atoms with van der Waals surface area (Å²) in [4.78, 5) is 15.7. The maximum atomic E-state index is 4.90. The lowest BCUT2D eigenvalue weighted by molar-refractivity contribution is 0.312. The van der Waals surface area contributed by atoms with Gasteiger partial charge in [-0.2, -0.15) is 0 Å². The van der Waals surface area contributed by atoms with Crippen LogP contribution in [0.1, 0.15) is 25.3 Å². The molecule has 31 heavy (non-hydrogen) atoms. The predicted molar refractivity (Wildman–Crippen MR) is 131 cm³/mol. The van der Waals surface area contributed by atoms with Crippen LogP contribution in [0.25, 0.3) is 0 Å². The maximum Gasteiger partial charge on any atom is 0.191 e. The number of pyridine rings is 1. The van der Waals surface area contributed by atoms with E-state index in [-0.39, 0.29) is 4.75 Å². The summed E-state index contributed by atoms with van der Waals surface area (Å²) in [6, 6.07) is 14.9. The molecule has 2 fully saturated rings. The van der Waals surface area contributed by atoms with Gasteiger partial charge < -0.3 is 20.4 Å². The summed E-state index contributed by atoms with van der Waals surface area (Å²) >= 11 is 1.99. The lowest BCUT2D eigenvalue weighted by Crippen LogP contribution is -2.45. The number of anilines is 1. The van der Waals surface area contributed by atoms with Crippen LogP contribution < -0.4 is 15.5 Å². The second-order valence-corrected chi connectivity index (χ2v) is 9.96. The maximum absolute atomic E-state index is 4.90. The minimum atomic E-state index is 0.289. The van der Waals surface area contributed by atoms with Gasteiger partial charge in [-0.1, -0.05) is 24.3 Å². The normalized spacial score (nSPS) is 18.6. The smallest absolute Gasteiger partial charge is 0.191 e. The molecule has 4 rings (SSSR count). The molecule has 7 heteroatoms. The van der Waals surface area contributed by atoms with Crippen LogP contribution in [0.3, 0.4) is 0 Å². The van der Waals surface area contributed by atoms with Gasteiger partial charge in [0.15, 0.2) is 5.96 Å². The summed E-state index contributed by atoms with van der Waals surface area (Å²) in [5.74, 6) is 1.96. The van der Waals surface area contributed by atoms with Crippen LogP contribution in [0, 0.1) is 0 Å². The molecule has 1 aromatic heterocycles. The van der Waals surface area contributed by atoms with E-state index in [2.05, 4.69) is 75.8 Å². The van der Waals surface area contributed by atoms with Crippen molar-refractivity contribution in [3.63, 3.8) is 0 Å². The van der Waals surface area contributed by atoms with Crippen LogP contribution in [0.4, 0.5) is 5.82 Å². The molecule has 0 atom stereocenters. The first-order valence-electron chi connectivity index (χ1n) is 11.3. The van der Waals surface area contributed by atoms with Gasteiger partial charge in [0.05, 0.1) is 6.54 Å². The minimum Gasteiger partial charge on any atom is -0.357 e. The molecule has 2 N–H and O–H groups in total. The molecule has 166 valence electrons. The van der Waals surface area contributed by atoms with E-state index in [9.17, 15) is 0 Å². The number of hydrogen-bond acceptors (Lipinski definition) is 5. The summed E-state index contributed by atoms with van der Waals surface area (Å²) in [7, 11) is 2.18. The first kappa shape index (κ1) is 22.0. The molecule has 1 saturated carbocycles. The zero-order valence-electron chi connectivity index (χ0n) is 18.7. The first-order chi connectivity index (χ1) is 15.2. The molecule has 0 amide bonds. The standard InChI is InChI=1S/C24H34N6S/c1-3-25-23(28-19-24(11-12-24)31-21-9-5-4-6-10-21)27-18-20-8-7-13-26-22(20)30-16-14-29(2)15-17-30/h4-10,13H,3,11-12,14-19H2,1-2H3,(H2,25,27,28). The van der Waals surface area contributed by atoms with E-state index in [1.165, 1.54) is 23.3 Å². The average Bonchev–Trinajstić information content (AvgIpc) is 3.56. The van der Waals surface area contributed by atoms with Crippen molar-refractivity contribution in [1.82, 2.24) is 20.5 Å². The topological polar surface area (TPSA) is 55.8 Å². The molecule has 2 aromatic rings. The minimum absolute atomic E-state index is 0.289. The van der Waals surface area contributed by atoms with Gasteiger partial charge in [-0.05, 0) is 45.0 Å². The molecular weight excluding hydrogens is 404 g/mol. The van der Waals surface area contributed by atoms with Gasteiger partial charge in [0.2, 0.25) is 0 Å². The Morgan fingerprint density at radius 2 is 1.84 bits per heavy atom. The van der Waals surface area contributed by atoms with E-state index in [4.69, 9.17) is 4.99 Å². The molecule has 1 aromatic carbocycles. The van der Waals surface area contributed by atoms with Crippen LogP contribution in [-0.2, 0) is 6.54 Å². The predicted octanol–water partition coefficient (Wildman–Crippen LogP) is 3.21. The fourth-order valence-corrected chi connectivity index (χ4v) is 5.04. The van der Waals surface area contributed by atoms with Crippen molar-refractivity contribution in [3.05, 3.63) is 54.2 Å². The molecule has 2 aliphatic rings. The van der Waals surface area contributed by atoms with E-state index in [0.29, 0.717) is 6.54 Å². The third kappa shape index (κ3) is 6.14. The molecule has 6 nitrogen and oxygen atoms in total. The zero-order chi connectivity index (χ0) is 21.5. The number of aromatic nitrogens is 1. The van der Waals surface area contributed by atoms with E-state index in [1.807, 2.05) is 24.0 Å². The van der Waals surface area contributed by atoms with Crippen molar-refractivity contribution in [2.24, 2.45) is 4.99 Å². The number of guanidine groups is 1. The van der Waals surface area contributed by atoms with Crippen LogP contribution in [0.2, 0.25) is 0 Å². The summed E-state index contributed by atoms with van der Waals surface area (Å²) < 4.78 is 0.289. The van der Waals surface area contributed by atoms with Crippen molar-refractivity contribution < 1.29 is 0 Å². The number of thioether (sulfide) groups is 1. The molecule has 1 saturated heterocycles. The Morgan fingerprint density at radius 1 is 1.06 bits per heavy atom. The number of benzene rings is 1. The summed E-state index contributed by atoms with van der Waals surface area (Å²) in [5, 5.41) is 7.01. The van der Waals surface area contributed by atoms with Crippen molar-refractivity contribution in [3.8, 4) is 0 Å². The highest BCUT2D eigenvalue weighted by Crippen LogP contribution is 2.51. The van der Waals surface area contributed by atoms with Gasteiger partial charge in [0.1, 0.15) is 5.82 Å². The highest BCUT2D eigenvalue weighted by molar-refractivity contribution is 8.01. The van der Waals surface area contributed by atoms with Crippen LogP contribution in [-0.4, -0.2) is 66.9 Å². The molecular formula is C24H34N6S. The van der Waals surface area contributed by atoms with E-state index in [0.717, 1.165) is 51.0 Å². The van der Waals surface area contributed by atoms with Crippen molar-refractivity contribution in [2.75, 3.05) is 51.2 Å². The molecule has 0 radical (unpaired) electrons. The summed E-state index contributed by atoms with van der Waals surface area (Å²) in [6.45, 7) is 8.70. The molecule has 2 heterocycles. The third-order valence-corrected chi connectivity index (χ3v) is 7.38. The Bertz CT molecular complexity index is 859. The van der Waals surface area contributed by atoms with Crippen molar-refractivity contribution in [2.45, 2.75) is 36.0 Å². The lowest BCUT2D eigenvalue weighted by Gasteiger charge is -2.34. The van der Waals surface area contributed by atoms with E-state index in [1.54, 1.807) is 0 Å². The van der Waals surface area contributed by atoms with Gasteiger partial charge in [0.25, 0.3) is 0 Å². The number of likely N-dealkylation sites (N-methyl/N-ethyl adjacent to an activating group) is 1. The zero-order valence-corrected chi connectivity index (χ0v) is 19.5. The Labute approximate surface area is 190 Å². The molecule has 0 unspecified atom stereocenters. The quantitative estimate of drug-likeness (QED) is 0.488. The van der Waals surface area contributed by atoms with Crippen molar-refractivity contribution in [1.29, 1.82) is 0 Å². The largest absolute Gasteiger partial charge is 0.357 e. The van der Waals surface area contributed by atoms with Crippen molar-refractivity contribution >= 4 is 23.5 Å². The van der Waals surface area contributed by atoms with E-state index >= 15 is 0 Å². The summed E-state index contributed by atoms with van der Waals surface area (Å²) in [6.07, 6.45) is 4.38. The third-order valence-electron chi connectivity index (χ3n) is 5.89. The van der Waals surface area contributed by atoms with E-state index < -0.39 is 0 Å². The SMILES string of the molecule is CCNC(=NCc1cccnc1N1CCN(C)CC1)NCC1(Sc2ccccc2)CC1.